The van der Waals surface area contributed by atoms with E-state index < -0.39 is 30.3 Å². The topological polar surface area (TPSA) is 102 Å². The van der Waals surface area contributed by atoms with Crippen molar-refractivity contribution in [2.24, 2.45) is 0 Å². The first-order valence-electron chi connectivity index (χ1n) is 10.7. The van der Waals surface area contributed by atoms with Crippen LogP contribution in [0.5, 0.6) is 5.75 Å². The molecule has 0 spiro atoms. The van der Waals surface area contributed by atoms with Crippen LogP contribution in [-0.4, -0.2) is 42.3 Å². The van der Waals surface area contributed by atoms with Gasteiger partial charge < -0.3 is 14.8 Å². The van der Waals surface area contributed by atoms with E-state index in [1.165, 1.54) is 13.2 Å². The van der Waals surface area contributed by atoms with Gasteiger partial charge in [-0.2, -0.15) is 0 Å². The van der Waals surface area contributed by atoms with Gasteiger partial charge in [0.2, 0.25) is 0 Å². The predicted octanol–water partition coefficient (Wildman–Crippen LogP) is 3.62. The maximum Gasteiger partial charge on any atom is 0.342 e. The Morgan fingerprint density at radius 3 is 2.29 bits per heavy atom. The van der Waals surface area contributed by atoms with Crippen molar-refractivity contribution in [1.29, 1.82) is 0 Å². The zero-order valence-electron chi connectivity index (χ0n) is 18.7. The van der Waals surface area contributed by atoms with Gasteiger partial charge in [0.05, 0.1) is 24.8 Å². The van der Waals surface area contributed by atoms with Crippen molar-refractivity contribution in [1.82, 2.24) is 10.2 Å². The number of fused-ring (bicyclic) bond motifs is 1. The first-order valence-corrected chi connectivity index (χ1v) is 11.1. The SMILES string of the molecule is COc1ccc(CN2C(=O)c3ccccc3C2=O)cc1C(=O)OCC(=O)NCc1cccc(Cl)c1. The number of amides is 3. The van der Waals surface area contributed by atoms with E-state index in [0.717, 1.165) is 10.5 Å². The van der Waals surface area contributed by atoms with E-state index in [1.54, 1.807) is 54.6 Å². The third-order valence-electron chi connectivity index (χ3n) is 5.42. The third-order valence-corrected chi connectivity index (χ3v) is 5.65. The molecule has 178 valence electrons. The second-order valence-electron chi connectivity index (χ2n) is 7.76. The molecule has 0 saturated carbocycles. The van der Waals surface area contributed by atoms with Crippen molar-refractivity contribution in [2.45, 2.75) is 13.1 Å². The molecule has 1 aliphatic rings. The molecular formula is C26H21ClN2O6. The summed E-state index contributed by atoms with van der Waals surface area (Å²) < 4.78 is 10.4. The van der Waals surface area contributed by atoms with Gasteiger partial charge in [-0.3, -0.25) is 19.3 Å². The van der Waals surface area contributed by atoms with Gasteiger partial charge >= 0.3 is 5.97 Å². The highest BCUT2D eigenvalue weighted by Gasteiger charge is 2.35. The summed E-state index contributed by atoms with van der Waals surface area (Å²) in [5.41, 5.74) is 2.09. The van der Waals surface area contributed by atoms with Crippen LogP contribution in [0.15, 0.2) is 66.7 Å². The Balaban J connectivity index is 1.40. The highest BCUT2D eigenvalue weighted by atomic mass is 35.5. The highest BCUT2D eigenvalue weighted by molar-refractivity contribution is 6.30. The minimum atomic E-state index is -0.774. The van der Waals surface area contributed by atoms with Crippen molar-refractivity contribution < 1.29 is 28.7 Å². The fourth-order valence-corrected chi connectivity index (χ4v) is 3.90. The number of imide groups is 1. The summed E-state index contributed by atoms with van der Waals surface area (Å²) in [5.74, 6) is -1.83. The number of methoxy groups -OCH3 is 1. The van der Waals surface area contributed by atoms with Gasteiger partial charge in [0.25, 0.3) is 17.7 Å². The standard InChI is InChI=1S/C26H21ClN2O6/c1-34-22-10-9-17(14-29-24(31)19-7-2-3-8-20(19)25(29)32)12-21(22)26(33)35-15-23(30)28-13-16-5-4-6-18(27)11-16/h2-12H,13-15H2,1H3,(H,28,30). The Morgan fingerprint density at radius 2 is 1.63 bits per heavy atom. The Morgan fingerprint density at radius 1 is 0.914 bits per heavy atom. The molecular weight excluding hydrogens is 472 g/mol. The summed E-state index contributed by atoms with van der Waals surface area (Å²) in [6.07, 6.45) is 0. The summed E-state index contributed by atoms with van der Waals surface area (Å²) in [7, 11) is 1.40. The molecule has 3 aromatic rings. The second kappa shape index (κ2) is 10.4. The minimum absolute atomic E-state index is 0.0310. The maximum atomic E-state index is 12.7. The van der Waals surface area contributed by atoms with Crippen LogP contribution in [0.25, 0.3) is 0 Å². The van der Waals surface area contributed by atoms with E-state index in [9.17, 15) is 19.2 Å². The van der Waals surface area contributed by atoms with E-state index in [1.807, 2.05) is 6.07 Å². The lowest BCUT2D eigenvalue weighted by molar-refractivity contribution is -0.124. The monoisotopic (exact) mass is 492 g/mol. The van der Waals surface area contributed by atoms with Crippen LogP contribution < -0.4 is 10.1 Å². The molecule has 0 atom stereocenters. The number of nitrogens with one attached hydrogen (secondary N) is 1. The molecule has 0 fully saturated rings. The maximum absolute atomic E-state index is 12.7. The van der Waals surface area contributed by atoms with Crippen molar-refractivity contribution in [3.05, 3.63) is 99.6 Å². The smallest absolute Gasteiger partial charge is 0.342 e. The van der Waals surface area contributed by atoms with E-state index in [0.29, 0.717) is 21.7 Å². The van der Waals surface area contributed by atoms with Crippen LogP contribution in [0.4, 0.5) is 0 Å². The molecule has 0 saturated heterocycles. The number of hydrogen-bond donors (Lipinski definition) is 1. The van der Waals surface area contributed by atoms with Crippen molar-refractivity contribution in [3.63, 3.8) is 0 Å². The first-order chi connectivity index (χ1) is 16.9. The number of carbonyl (C=O) groups excluding carboxylic acids is 4. The molecule has 0 radical (unpaired) electrons. The van der Waals surface area contributed by atoms with Crippen LogP contribution >= 0.6 is 11.6 Å². The average Bonchev–Trinajstić information content (AvgIpc) is 3.11. The number of carbonyl (C=O) groups is 4. The number of rotatable bonds is 8. The fourth-order valence-electron chi connectivity index (χ4n) is 3.69. The molecule has 9 heteroatoms. The van der Waals surface area contributed by atoms with Gasteiger partial charge in [-0.1, -0.05) is 41.9 Å². The molecule has 3 aromatic carbocycles. The molecule has 0 aromatic heterocycles. The zero-order chi connectivity index (χ0) is 24.9. The molecule has 8 nitrogen and oxygen atoms in total. The van der Waals surface area contributed by atoms with Gasteiger partial charge in [-0.15, -0.1) is 0 Å². The van der Waals surface area contributed by atoms with E-state index in [4.69, 9.17) is 21.1 Å². The van der Waals surface area contributed by atoms with Crippen LogP contribution in [0, 0.1) is 0 Å². The molecule has 0 unspecified atom stereocenters. The number of esters is 1. The van der Waals surface area contributed by atoms with Crippen LogP contribution in [-0.2, 0) is 22.6 Å². The summed E-state index contributed by atoms with van der Waals surface area (Å²) >= 11 is 5.93. The molecule has 1 aliphatic heterocycles. The number of hydrogen-bond acceptors (Lipinski definition) is 6. The minimum Gasteiger partial charge on any atom is -0.496 e. The Bertz CT molecular complexity index is 1290. The van der Waals surface area contributed by atoms with Gasteiger partial charge in [0.1, 0.15) is 11.3 Å². The Kier molecular flexibility index (Phi) is 7.12. The molecule has 4 rings (SSSR count). The quantitative estimate of drug-likeness (QED) is 0.380. The van der Waals surface area contributed by atoms with Crippen molar-refractivity contribution in [2.75, 3.05) is 13.7 Å². The highest BCUT2D eigenvalue weighted by Crippen LogP contribution is 2.26. The number of halogens is 1. The van der Waals surface area contributed by atoms with E-state index >= 15 is 0 Å². The lowest BCUT2D eigenvalue weighted by Gasteiger charge is -2.16. The molecule has 3 amide bonds. The molecule has 1 heterocycles. The van der Waals surface area contributed by atoms with Crippen LogP contribution in [0.2, 0.25) is 5.02 Å². The second-order valence-corrected chi connectivity index (χ2v) is 8.20. The van der Waals surface area contributed by atoms with Crippen LogP contribution in [0.1, 0.15) is 42.2 Å². The Hall–Kier alpha value is -4.17. The predicted molar refractivity (Wildman–Crippen MR) is 127 cm³/mol. The van der Waals surface area contributed by atoms with Gasteiger partial charge in [0, 0.05) is 11.6 Å². The molecule has 0 aliphatic carbocycles. The molecule has 0 bridgehead atoms. The van der Waals surface area contributed by atoms with Crippen molar-refractivity contribution >= 4 is 35.3 Å². The zero-order valence-corrected chi connectivity index (χ0v) is 19.5. The summed E-state index contributed by atoms with van der Waals surface area (Å²) in [4.78, 5) is 51.2. The number of benzene rings is 3. The largest absolute Gasteiger partial charge is 0.496 e. The van der Waals surface area contributed by atoms with Crippen LogP contribution in [0.3, 0.4) is 0 Å². The third kappa shape index (κ3) is 5.33. The van der Waals surface area contributed by atoms with E-state index in [-0.39, 0.29) is 24.4 Å². The summed E-state index contributed by atoms with van der Waals surface area (Å²) in [5, 5.41) is 3.20. The summed E-state index contributed by atoms with van der Waals surface area (Å²) in [6.45, 7) is -0.294. The van der Waals surface area contributed by atoms with E-state index in [2.05, 4.69) is 5.32 Å². The average molecular weight is 493 g/mol. The summed E-state index contributed by atoms with van der Waals surface area (Å²) in [6, 6.07) is 18.3. The normalized spacial score (nSPS) is 12.3. The van der Waals surface area contributed by atoms with Gasteiger partial charge in [0.15, 0.2) is 6.61 Å². The number of nitrogens with zero attached hydrogens (tertiary/aromatic N) is 1. The first kappa shape index (κ1) is 24.0. The number of ether oxygens (including phenoxy) is 2. The molecule has 1 N–H and O–H groups in total. The van der Waals surface area contributed by atoms with Gasteiger partial charge in [-0.25, -0.2) is 4.79 Å². The molecule has 35 heavy (non-hydrogen) atoms. The lowest BCUT2D eigenvalue weighted by atomic mass is 10.1. The Labute approximate surface area is 206 Å². The lowest BCUT2D eigenvalue weighted by Crippen LogP contribution is -2.29. The van der Waals surface area contributed by atoms with Crippen molar-refractivity contribution in [3.8, 4) is 5.75 Å². The fraction of sp³-hybridized carbons (Fsp3) is 0.154. The van der Waals surface area contributed by atoms with Gasteiger partial charge in [-0.05, 0) is 47.5 Å².